The SMILES string of the molecule is CCOC(=O)Cn1cnc2c1c(=O)n(CCc1ccccc1)c(=O)n2-c1ccc(C(C)C)cc1. The molecule has 0 unspecified atom stereocenters. The van der Waals surface area contributed by atoms with E-state index < -0.39 is 17.2 Å². The first kappa shape index (κ1) is 23.2. The molecule has 8 nitrogen and oxygen atoms in total. The van der Waals surface area contributed by atoms with Gasteiger partial charge in [-0.05, 0) is 42.5 Å². The second kappa shape index (κ2) is 9.91. The molecule has 176 valence electrons. The number of carbonyl (C=O) groups excluding carboxylic acids is 1. The van der Waals surface area contributed by atoms with Crippen molar-refractivity contribution >= 4 is 17.1 Å². The van der Waals surface area contributed by atoms with Gasteiger partial charge in [0.15, 0.2) is 11.2 Å². The van der Waals surface area contributed by atoms with Crippen molar-refractivity contribution < 1.29 is 9.53 Å². The summed E-state index contributed by atoms with van der Waals surface area (Å²) in [6, 6.07) is 17.3. The summed E-state index contributed by atoms with van der Waals surface area (Å²) >= 11 is 0. The minimum absolute atomic E-state index is 0.164. The van der Waals surface area contributed by atoms with E-state index in [1.807, 2.05) is 54.6 Å². The number of nitrogens with zero attached hydrogens (tertiary/aromatic N) is 4. The minimum atomic E-state index is -0.479. The summed E-state index contributed by atoms with van der Waals surface area (Å²) in [6.45, 7) is 6.19. The van der Waals surface area contributed by atoms with Crippen molar-refractivity contribution in [2.24, 2.45) is 0 Å². The quantitative estimate of drug-likeness (QED) is 0.377. The van der Waals surface area contributed by atoms with Crippen LogP contribution in [-0.2, 0) is 29.0 Å². The summed E-state index contributed by atoms with van der Waals surface area (Å²) in [5.74, 6) is -0.134. The molecule has 0 radical (unpaired) electrons. The van der Waals surface area contributed by atoms with Crippen LogP contribution in [0.4, 0.5) is 0 Å². The molecule has 2 aromatic heterocycles. The fourth-order valence-electron chi connectivity index (χ4n) is 3.97. The highest BCUT2D eigenvalue weighted by molar-refractivity contribution is 5.76. The maximum absolute atomic E-state index is 13.6. The molecule has 0 aliphatic rings. The average molecular weight is 461 g/mol. The summed E-state index contributed by atoms with van der Waals surface area (Å²) in [4.78, 5) is 43.5. The summed E-state index contributed by atoms with van der Waals surface area (Å²) < 4.78 is 9.16. The van der Waals surface area contributed by atoms with E-state index in [1.54, 1.807) is 6.92 Å². The number of aromatic nitrogens is 4. The van der Waals surface area contributed by atoms with Gasteiger partial charge in [0.2, 0.25) is 0 Å². The van der Waals surface area contributed by atoms with Gasteiger partial charge in [-0.3, -0.25) is 14.2 Å². The van der Waals surface area contributed by atoms with Crippen LogP contribution in [-0.4, -0.2) is 31.3 Å². The molecule has 0 aliphatic carbocycles. The van der Waals surface area contributed by atoms with Crippen molar-refractivity contribution in [3.63, 3.8) is 0 Å². The Labute approximate surface area is 197 Å². The molecule has 4 aromatic rings. The monoisotopic (exact) mass is 460 g/mol. The smallest absolute Gasteiger partial charge is 0.337 e. The molecule has 34 heavy (non-hydrogen) atoms. The van der Waals surface area contributed by atoms with Crippen molar-refractivity contribution in [3.05, 3.63) is 92.9 Å². The molecule has 2 heterocycles. The normalized spacial score (nSPS) is 11.3. The van der Waals surface area contributed by atoms with Gasteiger partial charge in [0.05, 0.1) is 18.6 Å². The summed E-state index contributed by atoms with van der Waals surface area (Å²) in [6.07, 6.45) is 1.92. The Bertz CT molecular complexity index is 1410. The minimum Gasteiger partial charge on any atom is -0.465 e. The number of benzene rings is 2. The predicted octanol–water partition coefficient (Wildman–Crippen LogP) is 3.28. The summed E-state index contributed by atoms with van der Waals surface area (Å²) in [7, 11) is 0. The van der Waals surface area contributed by atoms with Gasteiger partial charge in [-0.25, -0.2) is 14.3 Å². The number of hydrogen-bond donors (Lipinski definition) is 0. The highest BCUT2D eigenvalue weighted by Crippen LogP contribution is 2.18. The molecule has 0 saturated heterocycles. The molecule has 0 spiro atoms. The van der Waals surface area contributed by atoms with Crippen LogP contribution in [0.25, 0.3) is 16.9 Å². The van der Waals surface area contributed by atoms with Crippen molar-refractivity contribution in [2.75, 3.05) is 6.61 Å². The van der Waals surface area contributed by atoms with E-state index >= 15 is 0 Å². The zero-order chi connectivity index (χ0) is 24.2. The van der Waals surface area contributed by atoms with Crippen LogP contribution in [0.5, 0.6) is 0 Å². The van der Waals surface area contributed by atoms with E-state index in [-0.39, 0.29) is 30.9 Å². The lowest BCUT2D eigenvalue weighted by atomic mass is 10.0. The van der Waals surface area contributed by atoms with Crippen molar-refractivity contribution in [2.45, 2.75) is 46.2 Å². The number of aryl methyl sites for hydroxylation is 1. The van der Waals surface area contributed by atoms with Gasteiger partial charge in [-0.2, -0.15) is 0 Å². The second-order valence-electron chi connectivity index (χ2n) is 8.41. The number of hydrogen-bond acceptors (Lipinski definition) is 5. The third-order valence-corrected chi connectivity index (χ3v) is 5.79. The lowest BCUT2D eigenvalue weighted by Crippen LogP contribution is -2.40. The number of esters is 1. The fourth-order valence-corrected chi connectivity index (χ4v) is 3.97. The second-order valence-corrected chi connectivity index (χ2v) is 8.41. The summed E-state index contributed by atoms with van der Waals surface area (Å²) in [5.41, 5.74) is 2.22. The molecule has 0 amide bonds. The molecule has 0 saturated carbocycles. The molecule has 0 atom stereocenters. The van der Waals surface area contributed by atoms with Crippen LogP contribution in [0.1, 0.15) is 37.8 Å². The van der Waals surface area contributed by atoms with Gasteiger partial charge < -0.3 is 9.30 Å². The molecule has 0 N–H and O–H groups in total. The van der Waals surface area contributed by atoms with Crippen LogP contribution in [0.3, 0.4) is 0 Å². The number of imidazole rings is 1. The Kier molecular flexibility index (Phi) is 6.77. The lowest BCUT2D eigenvalue weighted by molar-refractivity contribution is -0.143. The number of fused-ring (bicyclic) bond motifs is 1. The van der Waals surface area contributed by atoms with Crippen LogP contribution in [0.2, 0.25) is 0 Å². The number of rotatable bonds is 8. The third kappa shape index (κ3) is 4.57. The van der Waals surface area contributed by atoms with E-state index in [4.69, 9.17) is 4.74 Å². The standard InChI is InChI=1S/C26H28N4O4/c1-4-34-22(31)16-28-17-27-24-23(28)25(32)29(15-14-19-8-6-5-7-9-19)26(33)30(24)21-12-10-20(11-13-21)18(2)3/h5-13,17-18H,4,14-16H2,1-3H3. The third-order valence-electron chi connectivity index (χ3n) is 5.79. The topological polar surface area (TPSA) is 88.1 Å². The van der Waals surface area contributed by atoms with Crippen LogP contribution < -0.4 is 11.2 Å². The first-order chi connectivity index (χ1) is 16.4. The van der Waals surface area contributed by atoms with Gasteiger partial charge >= 0.3 is 11.7 Å². The van der Waals surface area contributed by atoms with Crippen molar-refractivity contribution in [1.29, 1.82) is 0 Å². The molecule has 8 heteroatoms. The van der Waals surface area contributed by atoms with E-state index in [1.165, 1.54) is 20.0 Å². The zero-order valence-corrected chi connectivity index (χ0v) is 19.6. The Morgan fingerprint density at radius 1 is 1.03 bits per heavy atom. The van der Waals surface area contributed by atoms with E-state index in [2.05, 4.69) is 18.8 Å². The summed E-state index contributed by atoms with van der Waals surface area (Å²) in [5, 5.41) is 0. The highest BCUT2D eigenvalue weighted by Gasteiger charge is 2.20. The van der Waals surface area contributed by atoms with Crippen LogP contribution >= 0.6 is 0 Å². The highest BCUT2D eigenvalue weighted by atomic mass is 16.5. The molecule has 4 rings (SSSR count). The number of ether oxygens (including phenoxy) is 1. The predicted molar refractivity (Wildman–Crippen MR) is 130 cm³/mol. The fraction of sp³-hybridized carbons (Fsp3) is 0.308. The Balaban J connectivity index is 1.88. The molecule has 0 bridgehead atoms. The van der Waals surface area contributed by atoms with Gasteiger partial charge in [0.25, 0.3) is 5.56 Å². The maximum Gasteiger partial charge on any atom is 0.337 e. The molecule has 2 aromatic carbocycles. The lowest BCUT2D eigenvalue weighted by Gasteiger charge is -2.14. The van der Waals surface area contributed by atoms with Gasteiger partial charge in [-0.1, -0.05) is 56.3 Å². The Hall–Kier alpha value is -3.94. The van der Waals surface area contributed by atoms with Gasteiger partial charge in [0.1, 0.15) is 6.54 Å². The molecule has 0 fully saturated rings. The largest absolute Gasteiger partial charge is 0.465 e. The first-order valence-corrected chi connectivity index (χ1v) is 11.4. The Morgan fingerprint density at radius 2 is 1.74 bits per heavy atom. The average Bonchev–Trinajstić information content (AvgIpc) is 3.23. The number of carbonyl (C=O) groups is 1. The van der Waals surface area contributed by atoms with E-state index in [0.29, 0.717) is 18.0 Å². The first-order valence-electron chi connectivity index (χ1n) is 11.4. The molecule has 0 aliphatic heterocycles. The van der Waals surface area contributed by atoms with Crippen LogP contribution in [0, 0.1) is 0 Å². The van der Waals surface area contributed by atoms with Crippen LogP contribution in [0.15, 0.2) is 70.5 Å². The van der Waals surface area contributed by atoms with Crippen molar-refractivity contribution in [1.82, 2.24) is 18.7 Å². The Morgan fingerprint density at radius 3 is 2.38 bits per heavy atom. The van der Waals surface area contributed by atoms with Gasteiger partial charge in [-0.15, -0.1) is 0 Å². The zero-order valence-electron chi connectivity index (χ0n) is 19.6. The molecular formula is C26H28N4O4. The maximum atomic E-state index is 13.6. The van der Waals surface area contributed by atoms with E-state index in [0.717, 1.165) is 11.1 Å². The van der Waals surface area contributed by atoms with Gasteiger partial charge in [0, 0.05) is 6.54 Å². The van der Waals surface area contributed by atoms with E-state index in [9.17, 15) is 14.4 Å². The molecular weight excluding hydrogens is 432 g/mol. The van der Waals surface area contributed by atoms with Crippen molar-refractivity contribution in [3.8, 4) is 5.69 Å².